The molecule has 0 atom stereocenters. The molecule has 17 heavy (non-hydrogen) atoms. The van der Waals surface area contributed by atoms with Crippen LogP contribution in [0.15, 0.2) is 29.2 Å². The summed E-state index contributed by atoms with van der Waals surface area (Å²) >= 11 is 0. The molecule has 0 spiro atoms. The van der Waals surface area contributed by atoms with Gasteiger partial charge in [-0.15, -0.1) is 0 Å². The first-order valence-corrected chi connectivity index (χ1v) is 7.03. The number of nitrogens with zero attached hydrogens (tertiary/aromatic N) is 1. The molecule has 0 bridgehead atoms. The van der Waals surface area contributed by atoms with E-state index in [2.05, 4.69) is 0 Å². The fourth-order valence-corrected chi connectivity index (χ4v) is 3.40. The zero-order valence-electron chi connectivity index (χ0n) is 10.4. The molecule has 1 N–H and O–H groups in total. The highest BCUT2D eigenvalue weighted by molar-refractivity contribution is 7.89. The van der Waals surface area contributed by atoms with Crippen LogP contribution in [0.4, 0.5) is 0 Å². The lowest BCUT2D eigenvalue weighted by atomic mass is 10.2. The number of benzene rings is 1. The van der Waals surface area contributed by atoms with Crippen LogP contribution in [-0.2, 0) is 10.0 Å². The number of aryl methyl sites for hydroxylation is 1. The second kappa shape index (κ2) is 5.62. The third-order valence-corrected chi connectivity index (χ3v) is 4.56. The van der Waals surface area contributed by atoms with E-state index in [-0.39, 0.29) is 24.1 Å². The summed E-state index contributed by atoms with van der Waals surface area (Å²) in [5, 5.41) is 8.94. The zero-order valence-corrected chi connectivity index (χ0v) is 11.2. The molecule has 0 amide bonds. The van der Waals surface area contributed by atoms with Crippen molar-refractivity contribution in [2.45, 2.75) is 31.7 Å². The van der Waals surface area contributed by atoms with Crippen LogP contribution < -0.4 is 0 Å². The zero-order chi connectivity index (χ0) is 13.1. The van der Waals surface area contributed by atoms with Crippen molar-refractivity contribution in [2.24, 2.45) is 0 Å². The third-order valence-electron chi connectivity index (χ3n) is 2.49. The van der Waals surface area contributed by atoms with E-state index < -0.39 is 10.0 Å². The standard InChI is InChI=1S/C12H19NO3S/c1-10(2)13(7-8-14)17(15,16)12-6-4-5-11(3)9-12/h4-6,9-10,14H,7-8H2,1-3H3. The molecule has 0 aliphatic rings. The normalized spacial score (nSPS) is 12.4. The van der Waals surface area contributed by atoms with Gasteiger partial charge in [-0.25, -0.2) is 8.42 Å². The van der Waals surface area contributed by atoms with Crippen LogP contribution in [0.2, 0.25) is 0 Å². The van der Waals surface area contributed by atoms with E-state index in [9.17, 15) is 8.42 Å². The van der Waals surface area contributed by atoms with Crippen LogP contribution in [0.3, 0.4) is 0 Å². The molecular formula is C12H19NO3S. The largest absolute Gasteiger partial charge is 0.395 e. The number of aliphatic hydroxyl groups is 1. The molecule has 96 valence electrons. The van der Waals surface area contributed by atoms with Crippen molar-refractivity contribution < 1.29 is 13.5 Å². The van der Waals surface area contributed by atoms with Gasteiger partial charge in [0.05, 0.1) is 11.5 Å². The van der Waals surface area contributed by atoms with Crippen LogP contribution in [-0.4, -0.2) is 37.0 Å². The van der Waals surface area contributed by atoms with Crippen LogP contribution in [0.1, 0.15) is 19.4 Å². The molecule has 0 saturated carbocycles. The Labute approximate surface area is 103 Å². The van der Waals surface area contributed by atoms with Crippen molar-refractivity contribution in [3.05, 3.63) is 29.8 Å². The van der Waals surface area contributed by atoms with Crippen molar-refractivity contribution in [3.63, 3.8) is 0 Å². The van der Waals surface area contributed by atoms with Gasteiger partial charge in [0.1, 0.15) is 0 Å². The van der Waals surface area contributed by atoms with Crippen LogP contribution in [0.25, 0.3) is 0 Å². The van der Waals surface area contributed by atoms with E-state index in [1.807, 2.05) is 13.0 Å². The van der Waals surface area contributed by atoms with Crippen molar-refractivity contribution in [2.75, 3.05) is 13.2 Å². The Hall–Kier alpha value is -0.910. The van der Waals surface area contributed by atoms with Crippen molar-refractivity contribution in [3.8, 4) is 0 Å². The number of rotatable bonds is 5. The minimum Gasteiger partial charge on any atom is -0.395 e. The molecule has 0 saturated heterocycles. The maximum atomic E-state index is 12.3. The summed E-state index contributed by atoms with van der Waals surface area (Å²) < 4.78 is 26.0. The van der Waals surface area contributed by atoms with E-state index in [0.29, 0.717) is 0 Å². The third kappa shape index (κ3) is 3.28. The maximum absolute atomic E-state index is 12.3. The molecule has 1 aromatic carbocycles. The van der Waals surface area contributed by atoms with Crippen LogP contribution in [0.5, 0.6) is 0 Å². The van der Waals surface area contributed by atoms with Gasteiger partial charge in [0, 0.05) is 12.6 Å². The van der Waals surface area contributed by atoms with Gasteiger partial charge in [-0.1, -0.05) is 12.1 Å². The Bertz CT molecular complexity index is 468. The highest BCUT2D eigenvalue weighted by Crippen LogP contribution is 2.18. The second-order valence-corrected chi connectivity index (χ2v) is 6.14. The Morgan fingerprint density at radius 2 is 2.00 bits per heavy atom. The summed E-state index contributed by atoms with van der Waals surface area (Å²) in [6, 6.07) is 6.62. The van der Waals surface area contributed by atoms with Gasteiger partial charge in [0.15, 0.2) is 0 Å². The Morgan fingerprint density at radius 1 is 1.35 bits per heavy atom. The Morgan fingerprint density at radius 3 is 2.47 bits per heavy atom. The summed E-state index contributed by atoms with van der Waals surface area (Å²) in [5.41, 5.74) is 0.902. The van der Waals surface area contributed by atoms with Gasteiger partial charge in [-0.2, -0.15) is 4.31 Å². The van der Waals surface area contributed by atoms with Crippen molar-refractivity contribution >= 4 is 10.0 Å². The minimum atomic E-state index is -3.51. The molecule has 0 fully saturated rings. The van der Waals surface area contributed by atoms with E-state index in [1.165, 1.54) is 4.31 Å². The number of sulfonamides is 1. The molecule has 1 rings (SSSR count). The fourth-order valence-electron chi connectivity index (χ4n) is 1.67. The summed E-state index contributed by atoms with van der Waals surface area (Å²) in [6.07, 6.45) is 0. The molecule has 0 unspecified atom stereocenters. The van der Waals surface area contributed by atoms with Gasteiger partial charge in [-0.05, 0) is 38.5 Å². The second-order valence-electron chi connectivity index (χ2n) is 4.25. The average molecular weight is 257 g/mol. The molecule has 0 radical (unpaired) electrons. The van der Waals surface area contributed by atoms with Gasteiger partial charge in [-0.3, -0.25) is 0 Å². The summed E-state index contributed by atoms with van der Waals surface area (Å²) in [5.74, 6) is 0. The molecule has 0 aliphatic heterocycles. The predicted octanol–water partition coefficient (Wildman–Crippen LogP) is 1.39. The molecule has 5 heteroatoms. The smallest absolute Gasteiger partial charge is 0.243 e. The van der Waals surface area contributed by atoms with E-state index >= 15 is 0 Å². The number of aliphatic hydroxyl groups excluding tert-OH is 1. The van der Waals surface area contributed by atoms with Crippen LogP contribution >= 0.6 is 0 Å². The first-order chi connectivity index (χ1) is 7.89. The molecule has 0 aromatic heterocycles. The molecule has 0 aliphatic carbocycles. The summed E-state index contributed by atoms with van der Waals surface area (Å²) in [4.78, 5) is 0.277. The lowest BCUT2D eigenvalue weighted by Gasteiger charge is -2.25. The molecule has 1 aromatic rings. The topological polar surface area (TPSA) is 57.6 Å². The Kier molecular flexibility index (Phi) is 4.68. The Balaban J connectivity index is 3.16. The first-order valence-electron chi connectivity index (χ1n) is 5.59. The molecule has 0 heterocycles. The monoisotopic (exact) mass is 257 g/mol. The quantitative estimate of drug-likeness (QED) is 0.867. The maximum Gasteiger partial charge on any atom is 0.243 e. The van der Waals surface area contributed by atoms with E-state index in [4.69, 9.17) is 5.11 Å². The lowest BCUT2D eigenvalue weighted by Crippen LogP contribution is -2.38. The van der Waals surface area contributed by atoms with E-state index in [1.54, 1.807) is 32.0 Å². The lowest BCUT2D eigenvalue weighted by molar-refractivity contribution is 0.236. The van der Waals surface area contributed by atoms with Crippen molar-refractivity contribution in [1.29, 1.82) is 0 Å². The highest BCUT2D eigenvalue weighted by Gasteiger charge is 2.26. The van der Waals surface area contributed by atoms with E-state index in [0.717, 1.165) is 5.56 Å². The predicted molar refractivity (Wildman–Crippen MR) is 67.3 cm³/mol. The number of hydrogen-bond acceptors (Lipinski definition) is 3. The average Bonchev–Trinajstić information content (AvgIpc) is 2.25. The molecular weight excluding hydrogens is 238 g/mol. The van der Waals surface area contributed by atoms with Crippen molar-refractivity contribution in [1.82, 2.24) is 4.31 Å². The first kappa shape index (κ1) is 14.2. The van der Waals surface area contributed by atoms with Gasteiger partial charge in [0.25, 0.3) is 0 Å². The van der Waals surface area contributed by atoms with Gasteiger partial charge in [0.2, 0.25) is 10.0 Å². The summed E-state index contributed by atoms with van der Waals surface area (Å²) in [6.45, 7) is 5.38. The van der Waals surface area contributed by atoms with Crippen LogP contribution in [0, 0.1) is 6.92 Å². The summed E-state index contributed by atoms with van der Waals surface area (Å²) in [7, 11) is -3.51. The fraction of sp³-hybridized carbons (Fsp3) is 0.500. The SMILES string of the molecule is Cc1cccc(S(=O)(=O)N(CCO)C(C)C)c1. The number of hydrogen-bond donors (Lipinski definition) is 1. The highest BCUT2D eigenvalue weighted by atomic mass is 32.2. The van der Waals surface area contributed by atoms with Gasteiger partial charge >= 0.3 is 0 Å². The minimum absolute atomic E-state index is 0.119. The molecule has 4 nitrogen and oxygen atoms in total. The van der Waals surface area contributed by atoms with Gasteiger partial charge < -0.3 is 5.11 Å².